The number of carbonyl (C=O) groups excluding carboxylic acids is 1. The normalized spacial score (nSPS) is 22.4. The van der Waals surface area contributed by atoms with Crippen molar-refractivity contribution in [3.8, 4) is 0 Å². The Labute approximate surface area is 122 Å². The molecule has 1 unspecified atom stereocenters. The van der Waals surface area contributed by atoms with E-state index in [-0.39, 0.29) is 17.8 Å². The third-order valence-electron chi connectivity index (χ3n) is 3.88. The van der Waals surface area contributed by atoms with Crippen LogP contribution in [-0.2, 0) is 11.2 Å². The molecular weight excluding hydrogens is 275 g/mol. The van der Waals surface area contributed by atoms with Gasteiger partial charge >= 0.3 is 0 Å². The smallest absolute Gasteiger partial charge is 0.228 e. The molecule has 3 nitrogen and oxygen atoms in total. The maximum atomic E-state index is 13.3. The highest BCUT2D eigenvalue weighted by Crippen LogP contribution is 2.28. The van der Waals surface area contributed by atoms with Crippen molar-refractivity contribution < 1.29 is 9.18 Å². The van der Waals surface area contributed by atoms with Crippen LogP contribution in [0.15, 0.2) is 18.2 Å². The fourth-order valence-corrected chi connectivity index (χ4v) is 3.85. The predicted octanol–water partition coefficient (Wildman–Crippen LogP) is 2.20. The van der Waals surface area contributed by atoms with E-state index in [9.17, 15) is 9.18 Å². The number of thioether (sulfide) groups is 1. The number of benzene rings is 1. The highest BCUT2D eigenvalue weighted by Gasteiger charge is 2.25. The van der Waals surface area contributed by atoms with Gasteiger partial charge in [0.15, 0.2) is 0 Å². The van der Waals surface area contributed by atoms with Crippen LogP contribution in [0.1, 0.15) is 18.4 Å². The van der Waals surface area contributed by atoms with E-state index in [1.807, 2.05) is 16.7 Å². The number of nitrogens with one attached hydrogen (secondary N) is 1. The van der Waals surface area contributed by atoms with Gasteiger partial charge in [-0.1, -0.05) is 0 Å². The number of halogens is 1. The van der Waals surface area contributed by atoms with Gasteiger partial charge in [-0.25, -0.2) is 4.39 Å². The van der Waals surface area contributed by atoms with E-state index in [2.05, 4.69) is 5.32 Å². The van der Waals surface area contributed by atoms with Crippen LogP contribution in [0.2, 0.25) is 0 Å². The summed E-state index contributed by atoms with van der Waals surface area (Å²) in [6.45, 7) is 1.72. The third-order valence-corrected chi connectivity index (χ3v) is 5.01. The molecule has 1 amide bonds. The molecule has 1 aromatic rings. The highest BCUT2D eigenvalue weighted by atomic mass is 32.2. The van der Waals surface area contributed by atoms with Gasteiger partial charge in [-0.3, -0.25) is 4.79 Å². The van der Waals surface area contributed by atoms with Crippen molar-refractivity contribution in [2.45, 2.75) is 25.3 Å². The molecule has 1 aromatic carbocycles. The van der Waals surface area contributed by atoms with E-state index < -0.39 is 0 Å². The second-order valence-electron chi connectivity index (χ2n) is 5.35. The van der Waals surface area contributed by atoms with Crippen molar-refractivity contribution in [1.82, 2.24) is 5.32 Å². The van der Waals surface area contributed by atoms with Crippen LogP contribution in [0.25, 0.3) is 0 Å². The SMILES string of the molecule is O=C(CC1CSCCN1)N1CCCc2cc(F)ccc21. The molecule has 1 N–H and O–H groups in total. The molecule has 1 fully saturated rings. The quantitative estimate of drug-likeness (QED) is 0.907. The summed E-state index contributed by atoms with van der Waals surface area (Å²) in [7, 11) is 0. The van der Waals surface area contributed by atoms with Crippen LogP contribution >= 0.6 is 11.8 Å². The van der Waals surface area contributed by atoms with Gasteiger partial charge < -0.3 is 10.2 Å². The monoisotopic (exact) mass is 294 g/mol. The van der Waals surface area contributed by atoms with E-state index in [4.69, 9.17) is 0 Å². The van der Waals surface area contributed by atoms with Gasteiger partial charge in [-0.2, -0.15) is 11.8 Å². The van der Waals surface area contributed by atoms with Crippen molar-refractivity contribution in [2.24, 2.45) is 0 Å². The average molecular weight is 294 g/mol. The van der Waals surface area contributed by atoms with Gasteiger partial charge in [-0.05, 0) is 36.6 Å². The second kappa shape index (κ2) is 6.14. The van der Waals surface area contributed by atoms with Gasteiger partial charge in [0.1, 0.15) is 5.82 Å². The minimum Gasteiger partial charge on any atom is -0.312 e. The summed E-state index contributed by atoms with van der Waals surface area (Å²) < 4.78 is 13.3. The molecule has 0 spiro atoms. The fraction of sp³-hybridized carbons (Fsp3) is 0.533. The second-order valence-corrected chi connectivity index (χ2v) is 6.50. The molecule has 0 aliphatic carbocycles. The van der Waals surface area contributed by atoms with Crippen molar-refractivity contribution >= 4 is 23.4 Å². The van der Waals surface area contributed by atoms with Crippen LogP contribution in [-0.4, -0.2) is 36.5 Å². The van der Waals surface area contributed by atoms with E-state index >= 15 is 0 Å². The fourth-order valence-electron chi connectivity index (χ4n) is 2.90. The summed E-state index contributed by atoms with van der Waals surface area (Å²) in [5.74, 6) is 2.05. The van der Waals surface area contributed by atoms with E-state index in [0.717, 1.165) is 48.7 Å². The van der Waals surface area contributed by atoms with Crippen molar-refractivity contribution in [1.29, 1.82) is 0 Å². The Hall–Kier alpha value is -1.07. The number of aryl methyl sites for hydroxylation is 1. The molecule has 0 saturated carbocycles. The van der Waals surface area contributed by atoms with E-state index in [0.29, 0.717) is 6.42 Å². The minimum absolute atomic E-state index is 0.151. The number of fused-ring (bicyclic) bond motifs is 1. The lowest BCUT2D eigenvalue weighted by molar-refractivity contribution is -0.119. The Bertz CT molecular complexity index is 503. The number of amides is 1. The molecule has 3 rings (SSSR count). The first-order valence-electron chi connectivity index (χ1n) is 7.14. The Morgan fingerprint density at radius 1 is 1.50 bits per heavy atom. The number of hydrogen-bond donors (Lipinski definition) is 1. The molecule has 0 aromatic heterocycles. The molecule has 2 heterocycles. The summed E-state index contributed by atoms with van der Waals surface area (Å²) in [5, 5.41) is 3.39. The van der Waals surface area contributed by atoms with E-state index in [1.54, 1.807) is 12.1 Å². The number of carbonyl (C=O) groups is 1. The Kier molecular flexibility index (Phi) is 4.27. The van der Waals surface area contributed by atoms with Crippen LogP contribution in [0.5, 0.6) is 0 Å². The zero-order valence-electron chi connectivity index (χ0n) is 11.4. The Balaban J connectivity index is 1.72. The van der Waals surface area contributed by atoms with Gasteiger partial charge in [0.05, 0.1) is 0 Å². The summed E-state index contributed by atoms with van der Waals surface area (Å²) in [4.78, 5) is 14.3. The molecule has 2 aliphatic rings. The number of anilines is 1. The molecular formula is C15H19FN2OS. The summed E-state index contributed by atoms with van der Waals surface area (Å²) in [6.07, 6.45) is 2.30. The highest BCUT2D eigenvalue weighted by molar-refractivity contribution is 7.99. The molecule has 1 atom stereocenters. The van der Waals surface area contributed by atoms with Crippen LogP contribution < -0.4 is 10.2 Å². The maximum absolute atomic E-state index is 13.3. The number of rotatable bonds is 2. The van der Waals surface area contributed by atoms with Gasteiger partial charge in [-0.15, -0.1) is 0 Å². The first kappa shape index (κ1) is 13.9. The van der Waals surface area contributed by atoms with Crippen LogP contribution in [0.3, 0.4) is 0 Å². The number of nitrogens with zero attached hydrogens (tertiary/aromatic N) is 1. The Morgan fingerprint density at radius 3 is 3.20 bits per heavy atom. The summed E-state index contributed by atoms with van der Waals surface area (Å²) in [6, 6.07) is 5.01. The maximum Gasteiger partial charge on any atom is 0.228 e. The summed E-state index contributed by atoms with van der Waals surface area (Å²) >= 11 is 1.90. The van der Waals surface area contributed by atoms with Gasteiger partial charge in [0, 0.05) is 42.7 Å². The third kappa shape index (κ3) is 2.99. The predicted molar refractivity (Wildman–Crippen MR) is 80.8 cm³/mol. The zero-order chi connectivity index (χ0) is 13.9. The lowest BCUT2D eigenvalue weighted by Gasteiger charge is -2.31. The molecule has 2 aliphatic heterocycles. The Morgan fingerprint density at radius 2 is 2.40 bits per heavy atom. The molecule has 0 bridgehead atoms. The lowest BCUT2D eigenvalue weighted by atomic mass is 10.0. The van der Waals surface area contributed by atoms with Crippen LogP contribution in [0.4, 0.5) is 10.1 Å². The molecule has 108 valence electrons. The molecule has 0 radical (unpaired) electrons. The van der Waals surface area contributed by atoms with Crippen molar-refractivity contribution in [3.63, 3.8) is 0 Å². The summed E-state index contributed by atoms with van der Waals surface area (Å²) in [5.41, 5.74) is 1.85. The lowest BCUT2D eigenvalue weighted by Crippen LogP contribution is -2.44. The van der Waals surface area contributed by atoms with Gasteiger partial charge in [0.2, 0.25) is 5.91 Å². The standard InChI is InChI=1S/C15H19FN2OS/c16-12-3-4-14-11(8-12)2-1-6-18(14)15(19)9-13-10-20-7-5-17-13/h3-4,8,13,17H,1-2,5-7,9-10H2. The van der Waals surface area contributed by atoms with E-state index in [1.165, 1.54) is 6.07 Å². The zero-order valence-corrected chi connectivity index (χ0v) is 12.2. The first-order chi connectivity index (χ1) is 9.74. The largest absolute Gasteiger partial charge is 0.312 e. The van der Waals surface area contributed by atoms with Gasteiger partial charge in [0.25, 0.3) is 0 Å². The first-order valence-corrected chi connectivity index (χ1v) is 8.29. The molecule has 5 heteroatoms. The van der Waals surface area contributed by atoms with Crippen molar-refractivity contribution in [2.75, 3.05) is 29.5 Å². The van der Waals surface area contributed by atoms with Crippen molar-refractivity contribution in [3.05, 3.63) is 29.6 Å². The van der Waals surface area contributed by atoms with Crippen LogP contribution in [0, 0.1) is 5.82 Å². The number of hydrogen-bond acceptors (Lipinski definition) is 3. The topological polar surface area (TPSA) is 32.3 Å². The molecule has 1 saturated heterocycles. The average Bonchev–Trinajstić information content (AvgIpc) is 2.47. The minimum atomic E-state index is -0.219. The molecule has 20 heavy (non-hydrogen) atoms.